The Balaban J connectivity index is 2.20. The van der Waals surface area contributed by atoms with Crippen LogP contribution in [0.1, 0.15) is 40.8 Å². The van der Waals surface area contributed by atoms with Crippen molar-refractivity contribution in [3.63, 3.8) is 0 Å². The van der Waals surface area contributed by atoms with Gasteiger partial charge >= 0.3 is 0 Å². The fourth-order valence-electron chi connectivity index (χ4n) is 2.22. The molecule has 1 unspecified atom stereocenters. The van der Waals surface area contributed by atoms with Crippen molar-refractivity contribution in [2.45, 2.75) is 39.7 Å². The molecule has 2 aromatic heterocycles. The van der Waals surface area contributed by atoms with Crippen LogP contribution in [0.3, 0.4) is 0 Å². The lowest BCUT2D eigenvalue weighted by Gasteiger charge is -2.17. The lowest BCUT2D eigenvalue weighted by Crippen LogP contribution is -2.25. The lowest BCUT2D eigenvalue weighted by molar-refractivity contribution is 0.516. The number of hydrogen-bond acceptors (Lipinski definition) is 4. The van der Waals surface area contributed by atoms with Crippen molar-refractivity contribution in [3.8, 4) is 0 Å². The maximum Gasteiger partial charge on any atom is 0.110 e. The molecule has 0 aliphatic rings. The van der Waals surface area contributed by atoms with Crippen LogP contribution in [0.5, 0.6) is 0 Å². The molecular formula is C14H22N4S. The molecule has 0 aliphatic carbocycles. The monoisotopic (exact) mass is 278 g/mol. The molecule has 4 nitrogen and oxygen atoms in total. The van der Waals surface area contributed by atoms with Crippen LogP contribution in [-0.4, -0.2) is 21.1 Å². The van der Waals surface area contributed by atoms with Crippen LogP contribution in [0.4, 0.5) is 0 Å². The molecule has 2 heterocycles. The van der Waals surface area contributed by atoms with Crippen LogP contribution in [0.15, 0.2) is 12.4 Å². The summed E-state index contributed by atoms with van der Waals surface area (Å²) in [5.41, 5.74) is 1.14. The highest BCUT2D eigenvalue weighted by Crippen LogP contribution is 2.27. The minimum atomic E-state index is 0.312. The molecular weight excluding hydrogens is 256 g/mol. The van der Waals surface area contributed by atoms with E-state index in [1.165, 1.54) is 4.88 Å². The average molecular weight is 278 g/mol. The van der Waals surface area contributed by atoms with Crippen LogP contribution < -0.4 is 5.32 Å². The summed E-state index contributed by atoms with van der Waals surface area (Å²) in [6, 6.07) is 0.312. The van der Waals surface area contributed by atoms with Gasteiger partial charge in [0.2, 0.25) is 0 Å². The summed E-state index contributed by atoms with van der Waals surface area (Å²) in [4.78, 5) is 10.3. The topological polar surface area (TPSA) is 42.7 Å². The summed E-state index contributed by atoms with van der Waals surface area (Å²) in [5.74, 6) is 1.11. The first-order valence-electron chi connectivity index (χ1n) is 6.75. The number of thiazole rings is 1. The Kier molecular flexibility index (Phi) is 4.71. The highest BCUT2D eigenvalue weighted by atomic mass is 32.1. The highest BCUT2D eigenvalue weighted by Gasteiger charge is 2.19. The zero-order chi connectivity index (χ0) is 13.8. The molecule has 0 fully saturated rings. The van der Waals surface area contributed by atoms with E-state index in [-0.39, 0.29) is 0 Å². The van der Waals surface area contributed by atoms with Crippen molar-refractivity contribution < 1.29 is 0 Å². The molecule has 0 spiro atoms. The number of nitrogens with zero attached hydrogens (tertiary/aromatic N) is 3. The predicted molar refractivity (Wildman–Crippen MR) is 79.5 cm³/mol. The van der Waals surface area contributed by atoms with Crippen molar-refractivity contribution in [3.05, 3.63) is 33.8 Å². The van der Waals surface area contributed by atoms with Crippen LogP contribution in [0, 0.1) is 13.8 Å². The Morgan fingerprint density at radius 3 is 2.74 bits per heavy atom. The van der Waals surface area contributed by atoms with Crippen molar-refractivity contribution in [2.75, 3.05) is 6.54 Å². The quantitative estimate of drug-likeness (QED) is 0.883. The van der Waals surface area contributed by atoms with Gasteiger partial charge in [-0.05, 0) is 26.8 Å². The van der Waals surface area contributed by atoms with E-state index in [4.69, 9.17) is 0 Å². The SMILES string of the molecule is CCCNC(Cc1nccn1C)c1sc(C)nc1C. The average Bonchev–Trinajstić information content (AvgIpc) is 2.91. The summed E-state index contributed by atoms with van der Waals surface area (Å²) >= 11 is 1.79. The Hall–Kier alpha value is -1.20. The molecule has 0 amide bonds. The molecule has 1 atom stereocenters. The zero-order valence-corrected chi connectivity index (χ0v) is 12.9. The van der Waals surface area contributed by atoms with Gasteiger partial charge in [0, 0.05) is 30.7 Å². The van der Waals surface area contributed by atoms with E-state index in [1.807, 2.05) is 19.4 Å². The Morgan fingerprint density at radius 1 is 1.42 bits per heavy atom. The van der Waals surface area contributed by atoms with Gasteiger partial charge in [0.1, 0.15) is 5.82 Å². The van der Waals surface area contributed by atoms with Crippen LogP contribution in [0.25, 0.3) is 0 Å². The first-order valence-corrected chi connectivity index (χ1v) is 7.57. The molecule has 0 aliphatic heterocycles. The van der Waals surface area contributed by atoms with Gasteiger partial charge in [-0.1, -0.05) is 6.92 Å². The van der Waals surface area contributed by atoms with Crippen molar-refractivity contribution in [2.24, 2.45) is 7.05 Å². The summed E-state index contributed by atoms with van der Waals surface area (Å²) < 4.78 is 2.09. The molecule has 19 heavy (non-hydrogen) atoms. The molecule has 1 N–H and O–H groups in total. The number of nitrogens with one attached hydrogen (secondary N) is 1. The minimum Gasteiger partial charge on any atom is -0.338 e. The molecule has 0 bridgehead atoms. The van der Waals surface area contributed by atoms with Crippen LogP contribution >= 0.6 is 11.3 Å². The van der Waals surface area contributed by atoms with E-state index in [0.717, 1.165) is 35.9 Å². The fraction of sp³-hybridized carbons (Fsp3) is 0.571. The van der Waals surface area contributed by atoms with Crippen molar-refractivity contribution in [1.29, 1.82) is 0 Å². The second-order valence-corrected chi connectivity index (χ2v) is 6.08. The predicted octanol–water partition coefficient (Wildman–Crippen LogP) is 2.78. The van der Waals surface area contributed by atoms with Crippen molar-refractivity contribution >= 4 is 11.3 Å². The lowest BCUT2D eigenvalue weighted by atomic mass is 10.1. The second kappa shape index (κ2) is 6.30. The third kappa shape index (κ3) is 3.42. The molecule has 0 saturated heterocycles. The minimum absolute atomic E-state index is 0.312. The second-order valence-electron chi connectivity index (χ2n) is 4.85. The number of imidazole rings is 1. The van der Waals surface area contributed by atoms with Gasteiger partial charge in [0.15, 0.2) is 0 Å². The Morgan fingerprint density at radius 2 is 2.21 bits per heavy atom. The molecule has 2 aromatic rings. The van der Waals surface area contributed by atoms with Gasteiger partial charge in [-0.25, -0.2) is 9.97 Å². The normalized spacial score (nSPS) is 12.8. The molecule has 104 valence electrons. The maximum atomic E-state index is 4.54. The van der Waals surface area contributed by atoms with Gasteiger partial charge in [0.25, 0.3) is 0 Å². The smallest absolute Gasteiger partial charge is 0.110 e. The van der Waals surface area contributed by atoms with Gasteiger partial charge < -0.3 is 9.88 Å². The van der Waals surface area contributed by atoms with Crippen LogP contribution in [0.2, 0.25) is 0 Å². The molecule has 0 aromatic carbocycles. The van der Waals surface area contributed by atoms with Gasteiger partial charge in [-0.2, -0.15) is 0 Å². The Bertz CT molecular complexity index is 529. The standard InChI is InChI=1S/C14H22N4S/c1-5-6-15-12(9-13-16-7-8-18(13)4)14-10(2)17-11(3)19-14/h7-8,12,15H,5-6,9H2,1-4H3. The van der Waals surface area contributed by atoms with Crippen molar-refractivity contribution in [1.82, 2.24) is 19.9 Å². The van der Waals surface area contributed by atoms with Crippen LogP contribution in [-0.2, 0) is 13.5 Å². The van der Waals surface area contributed by atoms with E-state index in [1.54, 1.807) is 11.3 Å². The molecule has 0 saturated carbocycles. The number of aromatic nitrogens is 3. The number of hydrogen-bond donors (Lipinski definition) is 1. The first kappa shape index (κ1) is 14.2. The molecule has 5 heteroatoms. The largest absolute Gasteiger partial charge is 0.338 e. The van der Waals surface area contributed by atoms with Gasteiger partial charge in [0.05, 0.1) is 16.7 Å². The summed E-state index contributed by atoms with van der Waals surface area (Å²) in [7, 11) is 2.05. The zero-order valence-electron chi connectivity index (χ0n) is 12.1. The van der Waals surface area contributed by atoms with E-state index < -0.39 is 0 Å². The molecule has 0 radical (unpaired) electrons. The summed E-state index contributed by atoms with van der Waals surface area (Å²) in [6.07, 6.45) is 5.90. The molecule has 2 rings (SSSR count). The van der Waals surface area contributed by atoms with E-state index in [0.29, 0.717) is 6.04 Å². The fourth-order valence-corrected chi connectivity index (χ4v) is 3.23. The van der Waals surface area contributed by atoms with Gasteiger partial charge in [-0.15, -0.1) is 11.3 Å². The number of rotatable bonds is 6. The third-order valence-corrected chi connectivity index (χ3v) is 4.39. The summed E-state index contributed by atoms with van der Waals surface area (Å²) in [5, 5.41) is 4.76. The van der Waals surface area contributed by atoms with E-state index in [2.05, 4.69) is 40.6 Å². The highest BCUT2D eigenvalue weighted by molar-refractivity contribution is 7.11. The first-order chi connectivity index (χ1) is 9.11. The maximum absolute atomic E-state index is 4.54. The summed E-state index contributed by atoms with van der Waals surface area (Å²) in [6.45, 7) is 7.37. The van der Waals surface area contributed by atoms with E-state index >= 15 is 0 Å². The Labute approximate surface area is 118 Å². The number of aryl methyl sites for hydroxylation is 3. The van der Waals surface area contributed by atoms with E-state index in [9.17, 15) is 0 Å². The third-order valence-electron chi connectivity index (χ3n) is 3.20. The van der Waals surface area contributed by atoms with Gasteiger partial charge in [-0.3, -0.25) is 0 Å².